The Balaban J connectivity index is 1.93. The number of carbonyl (C=O) groups excluding carboxylic acids is 1. The van der Waals surface area contributed by atoms with Crippen molar-refractivity contribution in [1.82, 2.24) is 5.32 Å². The molecule has 0 radical (unpaired) electrons. The minimum Gasteiger partial charge on any atom is -0.481 e. The molecule has 0 spiro atoms. The normalized spacial score (nSPS) is 19.4. The third-order valence-corrected chi connectivity index (χ3v) is 2.73. The van der Waals surface area contributed by atoms with Gasteiger partial charge in [0.2, 0.25) is 0 Å². The van der Waals surface area contributed by atoms with Gasteiger partial charge in [-0.25, -0.2) is 0 Å². The molecule has 18 heavy (non-hydrogen) atoms. The number of carboxylic acids is 1. The summed E-state index contributed by atoms with van der Waals surface area (Å²) in [6, 6.07) is 0. The van der Waals surface area contributed by atoms with Crippen molar-refractivity contribution in [2.75, 3.05) is 26.4 Å². The number of ether oxygens (including phenoxy) is 2. The Labute approximate surface area is 107 Å². The molecular formula is C12H21NO5. The summed E-state index contributed by atoms with van der Waals surface area (Å²) in [6.07, 6.45) is 3.10. The molecule has 1 aliphatic rings. The minimum atomic E-state index is -0.752. The van der Waals surface area contributed by atoms with E-state index in [-0.39, 0.29) is 12.3 Å². The van der Waals surface area contributed by atoms with E-state index in [1.807, 2.05) is 0 Å². The average Bonchev–Trinajstić information content (AvgIpc) is 2.38. The summed E-state index contributed by atoms with van der Waals surface area (Å²) in [7, 11) is 0. The highest BCUT2D eigenvalue weighted by Crippen LogP contribution is 2.03. The molecule has 1 saturated heterocycles. The highest BCUT2D eigenvalue weighted by Gasteiger charge is 2.21. The van der Waals surface area contributed by atoms with E-state index in [0.29, 0.717) is 32.8 Å². The fourth-order valence-electron chi connectivity index (χ4n) is 1.72. The van der Waals surface area contributed by atoms with Gasteiger partial charge < -0.3 is 19.9 Å². The van der Waals surface area contributed by atoms with Crippen LogP contribution in [0.5, 0.6) is 0 Å². The average molecular weight is 259 g/mol. The summed E-state index contributed by atoms with van der Waals surface area (Å²) < 4.78 is 10.4. The van der Waals surface area contributed by atoms with Gasteiger partial charge in [-0.2, -0.15) is 0 Å². The van der Waals surface area contributed by atoms with Crippen LogP contribution in [0.4, 0.5) is 0 Å². The van der Waals surface area contributed by atoms with Crippen LogP contribution in [0.15, 0.2) is 0 Å². The lowest BCUT2D eigenvalue weighted by atomic mass is 10.1. The van der Waals surface area contributed by atoms with Gasteiger partial charge in [0.1, 0.15) is 0 Å². The molecule has 1 fully saturated rings. The van der Waals surface area contributed by atoms with Gasteiger partial charge in [0, 0.05) is 13.0 Å². The number of aliphatic carboxylic acids is 1. The standard InChI is InChI=1S/C12H21NO5/c14-11(15)5-3-1-2-4-6-13-12(16)10-9-17-7-8-18-10/h10H,1-9H2,(H,13,16)(H,14,15). The fraction of sp³-hybridized carbons (Fsp3) is 0.833. The number of carboxylic acid groups (broad SMARTS) is 1. The lowest BCUT2D eigenvalue weighted by molar-refractivity contribution is -0.147. The van der Waals surface area contributed by atoms with Crippen LogP contribution in [0.25, 0.3) is 0 Å². The highest BCUT2D eigenvalue weighted by molar-refractivity contribution is 5.80. The van der Waals surface area contributed by atoms with Crippen molar-refractivity contribution in [2.24, 2.45) is 0 Å². The molecule has 1 heterocycles. The molecule has 1 amide bonds. The third-order valence-electron chi connectivity index (χ3n) is 2.73. The third kappa shape index (κ3) is 6.56. The van der Waals surface area contributed by atoms with E-state index in [9.17, 15) is 9.59 Å². The molecule has 0 saturated carbocycles. The van der Waals surface area contributed by atoms with Gasteiger partial charge in [0.05, 0.1) is 19.8 Å². The van der Waals surface area contributed by atoms with Crippen LogP contribution >= 0.6 is 0 Å². The zero-order chi connectivity index (χ0) is 13.2. The smallest absolute Gasteiger partial charge is 0.303 e. The summed E-state index contributed by atoms with van der Waals surface area (Å²) in [5.41, 5.74) is 0. The Morgan fingerprint density at radius 2 is 1.94 bits per heavy atom. The second-order valence-electron chi connectivity index (χ2n) is 4.28. The molecule has 6 heteroatoms. The molecule has 0 aliphatic carbocycles. The lowest BCUT2D eigenvalue weighted by Gasteiger charge is -2.21. The van der Waals surface area contributed by atoms with Crippen molar-refractivity contribution in [1.29, 1.82) is 0 Å². The van der Waals surface area contributed by atoms with Crippen molar-refractivity contribution in [3.05, 3.63) is 0 Å². The maximum atomic E-state index is 11.6. The SMILES string of the molecule is O=C(O)CCCCCCNC(=O)C1COCCO1. The summed E-state index contributed by atoms with van der Waals surface area (Å²) >= 11 is 0. The number of carbonyl (C=O) groups is 2. The predicted octanol–water partition coefficient (Wildman–Crippen LogP) is 0.553. The summed E-state index contributed by atoms with van der Waals surface area (Å²) in [5.74, 6) is -0.877. The Morgan fingerprint density at radius 3 is 2.61 bits per heavy atom. The summed E-state index contributed by atoms with van der Waals surface area (Å²) in [6.45, 7) is 1.94. The number of hydrogen-bond acceptors (Lipinski definition) is 4. The van der Waals surface area contributed by atoms with E-state index in [0.717, 1.165) is 19.3 Å². The van der Waals surface area contributed by atoms with Crippen LogP contribution in [-0.2, 0) is 19.1 Å². The lowest BCUT2D eigenvalue weighted by Crippen LogP contribution is -2.43. The second kappa shape index (κ2) is 8.88. The number of hydrogen-bond donors (Lipinski definition) is 2. The van der Waals surface area contributed by atoms with Crippen molar-refractivity contribution in [2.45, 2.75) is 38.2 Å². The minimum absolute atomic E-state index is 0.125. The molecule has 0 aromatic carbocycles. The van der Waals surface area contributed by atoms with Crippen molar-refractivity contribution < 1.29 is 24.2 Å². The van der Waals surface area contributed by atoms with E-state index in [1.165, 1.54) is 0 Å². The van der Waals surface area contributed by atoms with Crippen LogP contribution in [0.3, 0.4) is 0 Å². The van der Waals surface area contributed by atoms with E-state index >= 15 is 0 Å². The Bertz CT molecular complexity index is 263. The first-order valence-electron chi connectivity index (χ1n) is 6.39. The number of unbranched alkanes of at least 4 members (excludes halogenated alkanes) is 3. The zero-order valence-corrected chi connectivity index (χ0v) is 10.5. The van der Waals surface area contributed by atoms with Crippen LogP contribution in [0, 0.1) is 0 Å². The van der Waals surface area contributed by atoms with Crippen LogP contribution in [0.1, 0.15) is 32.1 Å². The van der Waals surface area contributed by atoms with Crippen LogP contribution < -0.4 is 5.32 Å². The maximum Gasteiger partial charge on any atom is 0.303 e. The maximum absolute atomic E-state index is 11.6. The Morgan fingerprint density at radius 1 is 1.17 bits per heavy atom. The van der Waals surface area contributed by atoms with Crippen LogP contribution in [-0.4, -0.2) is 49.5 Å². The Kier molecular flexibility index (Phi) is 7.36. The van der Waals surface area contributed by atoms with Gasteiger partial charge in [0.15, 0.2) is 6.10 Å². The van der Waals surface area contributed by atoms with E-state index < -0.39 is 12.1 Å². The highest BCUT2D eigenvalue weighted by atomic mass is 16.6. The van der Waals surface area contributed by atoms with Gasteiger partial charge in [-0.15, -0.1) is 0 Å². The summed E-state index contributed by atoms with van der Waals surface area (Å²) in [4.78, 5) is 21.9. The summed E-state index contributed by atoms with van der Waals surface area (Å²) in [5, 5.41) is 11.2. The molecular weight excluding hydrogens is 238 g/mol. The predicted molar refractivity (Wildman–Crippen MR) is 64.3 cm³/mol. The van der Waals surface area contributed by atoms with Gasteiger partial charge in [-0.3, -0.25) is 9.59 Å². The van der Waals surface area contributed by atoms with Crippen LogP contribution in [0.2, 0.25) is 0 Å². The molecule has 2 N–H and O–H groups in total. The molecule has 0 aromatic rings. The first-order chi connectivity index (χ1) is 8.70. The van der Waals surface area contributed by atoms with E-state index in [2.05, 4.69) is 5.32 Å². The van der Waals surface area contributed by atoms with E-state index in [4.69, 9.17) is 14.6 Å². The number of amides is 1. The topological polar surface area (TPSA) is 84.9 Å². The molecule has 1 aliphatic heterocycles. The second-order valence-corrected chi connectivity index (χ2v) is 4.28. The van der Waals surface area contributed by atoms with Crippen molar-refractivity contribution >= 4 is 11.9 Å². The first-order valence-corrected chi connectivity index (χ1v) is 6.39. The molecule has 1 atom stereocenters. The van der Waals surface area contributed by atoms with Crippen molar-refractivity contribution in [3.63, 3.8) is 0 Å². The Hall–Kier alpha value is -1.14. The molecule has 1 rings (SSSR count). The molecule has 6 nitrogen and oxygen atoms in total. The zero-order valence-electron chi connectivity index (χ0n) is 10.5. The van der Waals surface area contributed by atoms with Gasteiger partial charge >= 0.3 is 5.97 Å². The van der Waals surface area contributed by atoms with Gasteiger partial charge in [-0.1, -0.05) is 12.8 Å². The molecule has 0 bridgehead atoms. The molecule has 1 unspecified atom stereocenters. The van der Waals surface area contributed by atoms with Crippen molar-refractivity contribution in [3.8, 4) is 0 Å². The fourth-order valence-corrected chi connectivity index (χ4v) is 1.72. The van der Waals surface area contributed by atoms with Gasteiger partial charge in [-0.05, 0) is 12.8 Å². The largest absolute Gasteiger partial charge is 0.481 e. The monoisotopic (exact) mass is 259 g/mol. The number of nitrogens with one attached hydrogen (secondary N) is 1. The quantitative estimate of drug-likeness (QED) is 0.622. The van der Waals surface area contributed by atoms with E-state index in [1.54, 1.807) is 0 Å². The van der Waals surface area contributed by atoms with Gasteiger partial charge in [0.25, 0.3) is 5.91 Å². The molecule has 0 aromatic heterocycles. The molecule has 104 valence electrons. The first kappa shape index (κ1) is 14.9. The number of rotatable bonds is 8.